The molecule has 0 aliphatic carbocycles. The molecule has 0 fully saturated rings. The summed E-state index contributed by atoms with van der Waals surface area (Å²) in [5.74, 6) is 0.280. The van der Waals surface area contributed by atoms with Crippen molar-refractivity contribution in [1.29, 1.82) is 0 Å². The predicted octanol–water partition coefficient (Wildman–Crippen LogP) is 0.0630. The number of sulfonamides is 1. The van der Waals surface area contributed by atoms with Gasteiger partial charge in [-0.15, -0.1) is 0 Å². The third kappa shape index (κ3) is 3.58. The molecule has 0 aromatic carbocycles. The molecular weight excluding hydrogens is 228 g/mol. The fourth-order valence-electron chi connectivity index (χ4n) is 1.38. The molecule has 1 heterocycles. The number of H-pyrrole nitrogens is 1. The maximum absolute atomic E-state index is 11.7. The van der Waals surface area contributed by atoms with Crippen LogP contribution in [0.25, 0.3) is 0 Å². The van der Waals surface area contributed by atoms with E-state index >= 15 is 0 Å². The minimum Gasteiger partial charge on any atom is -0.335 e. The van der Waals surface area contributed by atoms with E-state index in [2.05, 4.69) is 14.7 Å². The first kappa shape index (κ1) is 13.1. The van der Waals surface area contributed by atoms with Gasteiger partial charge in [0.25, 0.3) is 10.0 Å². The Morgan fingerprint density at radius 2 is 2.38 bits per heavy atom. The lowest BCUT2D eigenvalue weighted by molar-refractivity contribution is 0.465. The number of aromatic nitrogens is 2. The van der Waals surface area contributed by atoms with E-state index in [9.17, 15) is 8.42 Å². The van der Waals surface area contributed by atoms with E-state index in [4.69, 9.17) is 5.73 Å². The monoisotopic (exact) mass is 246 g/mol. The van der Waals surface area contributed by atoms with Crippen LogP contribution < -0.4 is 10.5 Å². The van der Waals surface area contributed by atoms with Gasteiger partial charge < -0.3 is 10.7 Å². The molecule has 0 amide bonds. The number of imidazole rings is 1. The minimum absolute atomic E-state index is 0.0927. The Hall–Kier alpha value is -0.920. The maximum Gasteiger partial charge on any atom is 0.257 e. The summed E-state index contributed by atoms with van der Waals surface area (Å²) in [5, 5.41) is 0.0927. The molecule has 1 atom stereocenters. The molecular formula is C9H18N4O2S. The Morgan fingerprint density at radius 3 is 2.88 bits per heavy atom. The Morgan fingerprint density at radius 1 is 1.62 bits per heavy atom. The van der Waals surface area contributed by atoms with E-state index in [1.807, 2.05) is 6.92 Å². The van der Waals surface area contributed by atoms with Crippen molar-refractivity contribution in [2.75, 3.05) is 13.1 Å². The number of hydrogen-bond acceptors (Lipinski definition) is 4. The molecule has 0 saturated heterocycles. The normalized spacial score (nSPS) is 13.9. The number of rotatable bonds is 7. The van der Waals surface area contributed by atoms with Gasteiger partial charge in [0.1, 0.15) is 0 Å². The summed E-state index contributed by atoms with van der Waals surface area (Å²) in [6, 6.07) is 0. The summed E-state index contributed by atoms with van der Waals surface area (Å²) in [6.45, 7) is 3.00. The number of hydrogen-bond donors (Lipinski definition) is 3. The molecule has 1 aromatic rings. The van der Waals surface area contributed by atoms with Crippen molar-refractivity contribution in [2.45, 2.75) is 24.8 Å². The SMILES string of the molecule is CCC(CCN)CNS(=O)(=O)c1cnc[nH]1. The third-order valence-electron chi connectivity index (χ3n) is 2.48. The first-order valence-corrected chi connectivity index (χ1v) is 6.76. The van der Waals surface area contributed by atoms with Gasteiger partial charge in [-0.1, -0.05) is 13.3 Å². The van der Waals surface area contributed by atoms with Crippen molar-refractivity contribution in [2.24, 2.45) is 11.7 Å². The van der Waals surface area contributed by atoms with Gasteiger partial charge in [-0.3, -0.25) is 0 Å². The van der Waals surface area contributed by atoms with Crippen LogP contribution in [-0.2, 0) is 10.0 Å². The van der Waals surface area contributed by atoms with E-state index in [1.165, 1.54) is 12.5 Å². The Kier molecular flexibility index (Phi) is 4.91. The van der Waals surface area contributed by atoms with Crippen LogP contribution in [0.5, 0.6) is 0 Å². The highest BCUT2D eigenvalue weighted by molar-refractivity contribution is 7.89. The van der Waals surface area contributed by atoms with Crippen molar-refractivity contribution in [3.63, 3.8) is 0 Å². The van der Waals surface area contributed by atoms with Crippen LogP contribution in [-0.4, -0.2) is 31.5 Å². The van der Waals surface area contributed by atoms with Crippen molar-refractivity contribution >= 4 is 10.0 Å². The number of nitrogens with zero attached hydrogens (tertiary/aromatic N) is 1. The lowest BCUT2D eigenvalue weighted by atomic mass is 10.0. The van der Waals surface area contributed by atoms with Gasteiger partial charge in [-0.25, -0.2) is 18.1 Å². The summed E-state index contributed by atoms with van der Waals surface area (Å²) in [7, 11) is -3.45. The fraction of sp³-hybridized carbons (Fsp3) is 0.667. The topological polar surface area (TPSA) is 101 Å². The van der Waals surface area contributed by atoms with Gasteiger partial charge in [-0.2, -0.15) is 0 Å². The second kappa shape index (κ2) is 5.97. The summed E-state index contributed by atoms with van der Waals surface area (Å²) < 4.78 is 26.0. The van der Waals surface area contributed by atoms with Gasteiger partial charge in [0.05, 0.1) is 12.5 Å². The Balaban J connectivity index is 2.54. The molecule has 92 valence electrons. The van der Waals surface area contributed by atoms with E-state index < -0.39 is 10.0 Å². The highest BCUT2D eigenvalue weighted by atomic mass is 32.2. The van der Waals surface area contributed by atoms with Crippen LogP contribution in [0, 0.1) is 5.92 Å². The second-order valence-corrected chi connectivity index (χ2v) is 5.35. The van der Waals surface area contributed by atoms with E-state index in [1.54, 1.807) is 0 Å². The van der Waals surface area contributed by atoms with Crippen LogP contribution in [0.4, 0.5) is 0 Å². The molecule has 1 rings (SSSR count). The van der Waals surface area contributed by atoms with Crippen LogP contribution in [0.15, 0.2) is 17.6 Å². The second-order valence-electron chi connectivity index (χ2n) is 3.62. The molecule has 1 unspecified atom stereocenters. The Bertz CT molecular complexity index is 388. The molecule has 0 aliphatic heterocycles. The molecule has 4 N–H and O–H groups in total. The first-order chi connectivity index (χ1) is 7.60. The fourth-order valence-corrected chi connectivity index (χ4v) is 2.40. The standard InChI is InChI=1S/C9H18N4O2S/c1-2-8(3-4-10)5-13-16(14,15)9-6-11-7-12-9/h6-8,13H,2-5,10H2,1H3,(H,11,12). The highest BCUT2D eigenvalue weighted by Crippen LogP contribution is 2.08. The third-order valence-corrected chi connectivity index (χ3v) is 3.83. The molecule has 7 heteroatoms. The lowest BCUT2D eigenvalue weighted by Crippen LogP contribution is -2.30. The molecule has 0 radical (unpaired) electrons. The summed E-state index contributed by atoms with van der Waals surface area (Å²) in [4.78, 5) is 6.24. The van der Waals surface area contributed by atoms with E-state index in [0.29, 0.717) is 13.1 Å². The number of aromatic amines is 1. The summed E-state index contributed by atoms with van der Waals surface area (Å²) >= 11 is 0. The van der Waals surface area contributed by atoms with E-state index in [-0.39, 0.29) is 10.9 Å². The quantitative estimate of drug-likeness (QED) is 0.633. The summed E-state index contributed by atoms with van der Waals surface area (Å²) in [5.41, 5.74) is 5.45. The lowest BCUT2D eigenvalue weighted by Gasteiger charge is -2.13. The highest BCUT2D eigenvalue weighted by Gasteiger charge is 2.16. The maximum atomic E-state index is 11.7. The molecule has 0 bridgehead atoms. The van der Waals surface area contributed by atoms with Gasteiger partial charge in [-0.05, 0) is 18.9 Å². The zero-order valence-corrected chi connectivity index (χ0v) is 10.1. The van der Waals surface area contributed by atoms with Crippen LogP contribution in [0.1, 0.15) is 19.8 Å². The van der Waals surface area contributed by atoms with Gasteiger partial charge in [0.15, 0.2) is 5.03 Å². The smallest absolute Gasteiger partial charge is 0.257 e. The molecule has 16 heavy (non-hydrogen) atoms. The molecule has 0 spiro atoms. The van der Waals surface area contributed by atoms with Gasteiger partial charge in [0.2, 0.25) is 0 Å². The van der Waals surface area contributed by atoms with Crippen LogP contribution in [0.2, 0.25) is 0 Å². The zero-order chi connectivity index (χ0) is 12.0. The van der Waals surface area contributed by atoms with Crippen LogP contribution in [0.3, 0.4) is 0 Å². The van der Waals surface area contributed by atoms with Crippen molar-refractivity contribution in [3.05, 3.63) is 12.5 Å². The largest absolute Gasteiger partial charge is 0.335 e. The minimum atomic E-state index is -3.45. The molecule has 0 saturated carbocycles. The molecule has 6 nitrogen and oxygen atoms in total. The average Bonchev–Trinajstić information content (AvgIpc) is 2.78. The average molecular weight is 246 g/mol. The predicted molar refractivity (Wildman–Crippen MR) is 61.2 cm³/mol. The van der Waals surface area contributed by atoms with E-state index in [0.717, 1.165) is 12.8 Å². The summed E-state index contributed by atoms with van der Waals surface area (Å²) in [6.07, 6.45) is 4.35. The number of nitrogens with two attached hydrogens (primary N) is 1. The molecule has 1 aromatic heterocycles. The van der Waals surface area contributed by atoms with Gasteiger partial charge in [0, 0.05) is 6.54 Å². The zero-order valence-electron chi connectivity index (χ0n) is 9.31. The van der Waals surface area contributed by atoms with Gasteiger partial charge >= 0.3 is 0 Å². The first-order valence-electron chi connectivity index (χ1n) is 5.28. The van der Waals surface area contributed by atoms with Crippen molar-refractivity contribution < 1.29 is 8.42 Å². The van der Waals surface area contributed by atoms with Crippen molar-refractivity contribution in [3.8, 4) is 0 Å². The molecule has 0 aliphatic rings. The van der Waals surface area contributed by atoms with Crippen LogP contribution >= 0.6 is 0 Å². The number of nitrogens with one attached hydrogen (secondary N) is 2. The Labute approximate surface area is 95.7 Å². The van der Waals surface area contributed by atoms with Crippen molar-refractivity contribution in [1.82, 2.24) is 14.7 Å².